The largest absolute Gasteiger partial charge is 0.494 e. The Bertz CT molecular complexity index is 964. The highest BCUT2D eigenvalue weighted by Gasteiger charge is 2.10. The van der Waals surface area contributed by atoms with Crippen molar-refractivity contribution in [2.75, 3.05) is 11.9 Å². The summed E-state index contributed by atoms with van der Waals surface area (Å²) in [5.41, 5.74) is 2.19. The minimum Gasteiger partial charge on any atom is -0.494 e. The molecule has 6 nitrogen and oxygen atoms in total. The van der Waals surface area contributed by atoms with Crippen LogP contribution in [0.5, 0.6) is 5.75 Å². The number of ketones is 1. The fourth-order valence-corrected chi connectivity index (χ4v) is 2.95. The zero-order valence-corrected chi connectivity index (χ0v) is 17.6. The number of amides is 1. The minimum atomic E-state index is -0.204. The Balaban J connectivity index is 1.43. The van der Waals surface area contributed by atoms with E-state index in [1.807, 2.05) is 43.3 Å². The molecule has 162 valence electrons. The summed E-state index contributed by atoms with van der Waals surface area (Å²) in [6, 6.07) is 18.1. The topological polar surface area (TPSA) is 77.8 Å². The maximum Gasteiger partial charge on any atom is 0.224 e. The second kappa shape index (κ2) is 11.7. The van der Waals surface area contributed by atoms with Gasteiger partial charge in [-0.15, -0.1) is 0 Å². The van der Waals surface area contributed by atoms with Crippen molar-refractivity contribution in [2.45, 2.75) is 39.4 Å². The number of benzene rings is 2. The quantitative estimate of drug-likeness (QED) is 0.397. The molecule has 1 amide bonds. The lowest BCUT2D eigenvalue weighted by Crippen LogP contribution is -2.13. The number of carbonyl (C=O) groups is 2. The van der Waals surface area contributed by atoms with Crippen molar-refractivity contribution >= 4 is 17.4 Å². The average molecular weight is 421 g/mol. The molecule has 1 heterocycles. The van der Waals surface area contributed by atoms with E-state index in [1.165, 1.54) is 0 Å². The van der Waals surface area contributed by atoms with Crippen molar-refractivity contribution in [1.82, 2.24) is 0 Å². The molecule has 0 unspecified atom stereocenters. The number of ether oxygens (including phenoxy) is 2. The Labute approximate surface area is 182 Å². The molecule has 0 atom stereocenters. The fourth-order valence-electron chi connectivity index (χ4n) is 2.95. The van der Waals surface area contributed by atoms with Crippen molar-refractivity contribution in [3.05, 3.63) is 83.8 Å². The van der Waals surface area contributed by atoms with Gasteiger partial charge in [0.25, 0.3) is 0 Å². The van der Waals surface area contributed by atoms with Gasteiger partial charge in [-0.25, -0.2) is 0 Å². The minimum absolute atomic E-state index is 0.0720. The number of anilines is 1. The SMILES string of the molecule is CCCOc1ccc(C(=O)CCC(=O)Nc2cccc(COCc3ccco3)c2)cc1. The zero-order chi connectivity index (χ0) is 21.9. The van der Waals surface area contributed by atoms with E-state index in [2.05, 4.69) is 5.32 Å². The van der Waals surface area contributed by atoms with Gasteiger partial charge in [0, 0.05) is 24.1 Å². The van der Waals surface area contributed by atoms with Gasteiger partial charge in [0.05, 0.1) is 19.5 Å². The van der Waals surface area contributed by atoms with Crippen molar-refractivity contribution in [1.29, 1.82) is 0 Å². The Morgan fingerprint density at radius 3 is 2.55 bits per heavy atom. The second-order valence-corrected chi connectivity index (χ2v) is 7.12. The summed E-state index contributed by atoms with van der Waals surface area (Å²) in [4.78, 5) is 24.6. The highest BCUT2D eigenvalue weighted by molar-refractivity contribution is 6.00. The Kier molecular flexibility index (Phi) is 8.43. The standard InChI is InChI=1S/C25H27NO5/c1-2-14-30-22-10-8-20(9-11-22)24(27)12-13-25(28)26-21-6-3-5-19(16-21)17-29-18-23-7-4-15-31-23/h3-11,15-16H,2,12-14,17-18H2,1H3,(H,26,28). The van der Waals surface area contributed by atoms with Gasteiger partial charge < -0.3 is 19.2 Å². The summed E-state index contributed by atoms with van der Waals surface area (Å²) in [6.45, 7) is 3.47. The molecule has 3 rings (SSSR count). The Hall–Kier alpha value is -3.38. The predicted molar refractivity (Wildman–Crippen MR) is 118 cm³/mol. The molecule has 2 aromatic carbocycles. The van der Waals surface area contributed by atoms with E-state index in [0.29, 0.717) is 31.1 Å². The molecule has 0 spiro atoms. The van der Waals surface area contributed by atoms with Crippen LogP contribution in [0.1, 0.15) is 47.9 Å². The van der Waals surface area contributed by atoms with Crippen LogP contribution in [-0.2, 0) is 22.7 Å². The molecule has 0 aliphatic rings. The molecule has 1 aromatic heterocycles. The lowest BCUT2D eigenvalue weighted by molar-refractivity contribution is -0.116. The summed E-state index contributed by atoms with van der Waals surface area (Å²) in [5.74, 6) is 1.23. The average Bonchev–Trinajstić information content (AvgIpc) is 3.30. The van der Waals surface area contributed by atoms with E-state index in [4.69, 9.17) is 13.9 Å². The molecule has 6 heteroatoms. The van der Waals surface area contributed by atoms with Crippen molar-refractivity contribution in [2.24, 2.45) is 0 Å². The van der Waals surface area contributed by atoms with Crippen molar-refractivity contribution in [3.63, 3.8) is 0 Å². The first-order valence-electron chi connectivity index (χ1n) is 10.4. The molecule has 3 aromatic rings. The number of hydrogen-bond donors (Lipinski definition) is 1. The van der Waals surface area contributed by atoms with Crippen LogP contribution in [0, 0.1) is 0 Å². The summed E-state index contributed by atoms with van der Waals surface area (Å²) in [5, 5.41) is 2.84. The summed E-state index contributed by atoms with van der Waals surface area (Å²) in [6.07, 6.45) is 2.80. The molecule has 0 saturated heterocycles. The van der Waals surface area contributed by atoms with Gasteiger partial charge in [0.2, 0.25) is 5.91 Å². The van der Waals surface area contributed by atoms with Crippen LogP contribution in [0.15, 0.2) is 71.3 Å². The van der Waals surface area contributed by atoms with E-state index < -0.39 is 0 Å². The third-order valence-corrected chi connectivity index (χ3v) is 4.53. The van der Waals surface area contributed by atoms with E-state index in [9.17, 15) is 9.59 Å². The smallest absolute Gasteiger partial charge is 0.224 e. The maximum atomic E-state index is 12.4. The van der Waals surface area contributed by atoms with Gasteiger partial charge in [-0.2, -0.15) is 0 Å². The molecule has 0 bridgehead atoms. The third-order valence-electron chi connectivity index (χ3n) is 4.53. The third kappa shape index (κ3) is 7.42. The van der Waals surface area contributed by atoms with E-state index in [0.717, 1.165) is 23.5 Å². The lowest BCUT2D eigenvalue weighted by Gasteiger charge is -2.08. The number of rotatable bonds is 12. The Morgan fingerprint density at radius 1 is 0.968 bits per heavy atom. The highest BCUT2D eigenvalue weighted by Crippen LogP contribution is 2.16. The fraction of sp³-hybridized carbons (Fsp3) is 0.280. The maximum absolute atomic E-state index is 12.4. The monoisotopic (exact) mass is 421 g/mol. The molecule has 0 aliphatic heterocycles. The van der Waals surface area contributed by atoms with Crippen molar-refractivity contribution < 1.29 is 23.5 Å². The van der Waals surface area contributed by atoms with E-state index in [-0.39, 0.29) is 24.5 Å². The predicted octanol–water partition coefficient (Wildman–Crippen LogP) is 5.39. The van der Waals surface area contributed by atoms with Crippen LogP contribution in [0.2, 0.25) is 0 Å². The van der Waals surface area contributed by atoms with Crippen LogP contribution < -0.4 is 10.1 Å². The number of hydrogen-bond acceptors (Lipinski definition) is 5. The highest BCUT2D eigenvalue weighted by atomic mass is 16.5. The van der Waals surface area contributed by atoms with Crippen molar-refractivity contribution in [3.8, 4) is 5.75 Å². The van der Waals surface area contributed by atoms with E-state index in [1.54, 1.807) is 30.5 Å². The molecule has 31 heavy (non-hydrogen) atoms. The normalized spacial score (nSPS) is 10.6. The summed E-state index contributed by atoms with van der Waals surface area (Å²) >= 11 is 0. The lowest BCUT2D eigenvalue weighted by atomic mass is 10.1. The van der Waals surface area contributed by atoms with Gasteiger partial charge in [0.1, 0.15) is 18.1 Å². The molecule has 0 saturated carbocycles. The number of Topliss-reactive ketones (excluding diaryl/α,β-unsaturated/α-hetero) is 1. The van der Waals surface area contributed by atoms with Crippen LogP contribution in [0.25, 0.3) is 0 Å². The van der Waals surface area contributed by atoms with Gasteiger partial charge in [-0.05, 0) is 60.5 Å². The summed E-state index contributed by atoms with van der Waals surface area (Å²) in [7, 11) is 0. The van der Waals surface area contributed by atoms with Gasteiger partial charge in [-0.3, -0.25) is 9.59 Å². The van der Waals surface area contributed by atoms with Gasteiger partial charge in [0.15, 0.2) is 5.78 Å². The van der Waals surface area contributed by atoms with Crippen LogP contribution in [0.4, 0.5) is 5.69 Å². The van der Waals surface area contributed by atoms with Gasteiger partial charge >= 0.3 is 0 Å². The number of nitrogens with one attached hydrogen (secondary N) is 1. The molecular formula is C25H27NO5. The van der Waals surface area contributed by atoms with Crippen LogP contribution in [-0.4, -0.2) is 18.3 Å². The molecule has 0 radical (unpaired) electrons. The molecule has 1 N–H and O–H groups in total. The molecular weight excluding hydrogens is 394 g/mol. The van der Waals surface area contributed by atoms with Crippen LogP contribution >= 0.6 is 0 Å². The van der Waals surface area contributed by atoms with Crippen LogP contribution in [0.3, 0.4) is 0 Å². The van der Waals surface area contributed by atoms with Gasteiger partial charge in [-0.1, -0.05) is 19.1 Å². The zero-order valence-electron chi connectivity index (χ0n) is 17.6. The second-order valence-electron chi connectivity index (χ2n) is 7.12. The first kappa shape index (κ1) is 22.3. The Morgan fingerprint density at radius 2 is 1.81 bits per heavy atom. The number of furan rings is 1. The first-order chi connectivity index (χ1) is 15.1. The molecule has 0 fully saturated rings. The summed E-state index contributed by atoms with van der Waals surface area (Å²) < 4.78 is 16.4. The van der Waals surface area contributed by atoms with E-state index >= 15 is 0 Å². The first-order valence-corrected chi connectivity index (χ1v) is 10.4. The number of carbonyl (C=O) groups excluding carboxylic acids is 2. The molecule has 0 aliphatic carbocycles.